The first-order valence-corrected chi connectivity index (χ1v) is 10.7. The number of hydrogen-bond acceptors (Lipinski definition) is 3. The van der Waals surface area contributed by atoms with Crippen LogP contribution < -0.4 is 15.2 Å². The third-order valence-electron chi connectivity index (χ3n) is 6.30. The molecule has 8 heteroatoms. The van der Waals surface area contributed by atoms with Gasteiger partial charge in [-0.2, -0.15) is 0 Å². The van der Waals surface area contributed by atoms with Crippen LogP contribution in [-0.4, -0.2) is 0 Å². The zero-order valence-electron chi connectivity index (χ0n) is 18.1. The van der Waals surface area contributed by atoms with Gasteiger partial charge >= 0.3 is 0 Å². The van der Waals surface area contributed by atoms with Crippen molar-refractivity contribution in [1.82, 2.24) is 0 Å². The fourth-order valence-corrected chi connectivity index (χ4v) is 4.65. The second kappa shape index (κ2) is 7.71. The molecular weight excluding hydrogens is 477 g/mol. The summed E-state index contributed by atoms with van der Waals surface area (Å²) in [6.07, 6.45) is 0. The summed E-state index contributed by atoms with van der Waals surface area (Å²) in [5.74, 6) is -9.91. The topological polar surface area (TPSA) is 38.7 Å². The number of rotatable bonds is 2. The Morgan fingerprint density at radius 2 is 1.28 bits per heavy atom. The van der Waals surface area contributed by atoms with E-state index in [1.165, 1.54) is 24.3 Å². The van der Waals surface area contributed by atoms with Crippen LogP contribution in [0.25, 0.3) is 33.7 Å². The Morgan fingerprint density at radius 3 is 2.00 bits per heavy atom. The summed E-state index contributed by atoms with van der Waals surface area (Å²) < 4.78 is 79.0. The van der Waals surface area contributed by atoms with Gasteiger partial charge in [0.25, 0.3) is 0 Å². The molecule has 6 rings (SSSR count). The van der Waals surface area contributed by atoms with Crippen molar-refractivity contribution in [3.05, 3.63) is 116 Å². The van der Waals surface area contributed by atoms with Crippen LogP contribution >= 0.6 is 0 Å². The highest BCUT2D eigenvalue weighted by atomic mass is 19.2. The Balaban J connectivity index is 1.83. The van der Waals surface area contributed by atoms with Crippen molar-refractivity contribution in [2.75, 3.05) is 0 Å². The molecule has 0 saturated heterocycles. The van der Waals surface area contributed by atoms with E-state index in [-0.39, 0.29) is 33.5 Å². The molecule has 0 atom stereocenters. The fourth-order valence-electron chi connectivity index (χ4n) is 4.65. The highest BCUT2D eigenvalue weighted by molar-refractivity contribution is 6.01. The Labute approximate surface area is 199 Å². The van der Waals surface area contributed by atoms with Crippen molar-refractivity contribution >= 4 is 39.4 Å². The molecule has 0 amide bonds. The first kappa shape index (κ1) is 21.9. The lowest BCUT2D eigenvalue weighted by Gasteiger charge is -2.24. The normalized spacial score (nSPS) is 12.4. The SMILES string of the molecule is C=c1ccc2c3c(ccc2c1)=C(c1c(F)c(F)c(F)c(F)c1F)c1ccc2cc(N=O)ccc2c1O3. The van der Waals surface area contributed by atoms with Gasteiger partial charge in [0.05, 0.1) is 5.56 Å². The van der Waals surface area contributed by atoms with Gasteiger partial charge in [-0.3, -0.25) is 0 Å². The van der Waals surface area contributed by atoms with Gasteiger partial charge in [0, 0.05) is 27.1 Å². The molecule has 1 aliphatic heterocycles. The summed E-state index contributed by atoms with van der Waals surface area (Å²) in [4.78, 5) is 11.0. The van der Waals surface area contributed by atoms with Crippen LogP contribution in [0.5, 0.6) is 11.5 Å². The summed E-state index contributed by atoms with van der Waals surface area (Å²) in [5.41, 5.74) is -0.996. The molecule has 0 aliphatic carbocycles. The fraction of sp³-hybridized carbons (Fsp3) is 0. The van der Waals surface area contributed by atoms with E-state index in [4.69, 9.17) is 4.74 Å². The highest BCUT2D eigenvalue weighted by Gasteiger charge is 2.32. The number of halogens is 5. The molecule has 3 nitrogen and oxygen atoms in total. The molecule has 5 aromatic rings. The number of nitrogens with zero attached hydrogens (tertiary/aromatic N) is 1. The molecule has 0 unspecified atom stereocenters. The van der Waals surface area contributed by atoms with Gasteiger partial charge in [-0.1, -0.05) is 30.8 Å². The molecular formula is C28H12F5NO2. The van der Waals surface area contributed by atoms with E-state index < -0.39 is 34.6 Å². The summed E-state index contributed by atoms with van der Waals surface area (Å²) >= 11 is 0. The van der Waals surface area contributed by atoms with Crippen LogP contribution in [0.3, 0.4) is 0 Å². The molecule has 1 heterocycles. The second-order valence-electron chi connectivity index (χ2n) is 8.36. The standard InChI is InChI=1S/C28H12F5NO2/c1-12-2-6-16-13(10-12)3-7-18-20(21-22(29)24(31)26(33)25(32)23(21)30)19-8-4-14-11-15(34-35)5-9-17(14)28(19)36-27(16)18/h2-11H,1H2. The van der Waals surface area contributed by atoms with Gasteiger partial charge < -0.3 is 4.74 Å². The molecule has 0 saturated carbocycles. The van der Waals surface area contributed by atoms with E-state index in [9.17, 15) is 18.1 Å². The van der Waals surface area contributed by atoms with E-state index in [1.54, 1.807) is 36.4 Å². The van der Waals surface area contributed by atoms with E-state index in [1.807, 2.05) is 0 Å². The predicted molar refractivity (Wildman–Crippen MR) is 126 cm³/mol. The van der Waals surface area contributed by atoms with Crippen molar-refractivity contribution < 1.29 is 26.7 Å². The monoisotopic (exact) mass is 489 g/mol. The lowest BCUT2D eigenvalue weighted by Crippen LogP contribution is -2.20. The van der Waals surface area contributed by atoms with E-state index in [0.717, 1.165) is 0 Å². The van der Waals surface area contributed by atoms with Gasteiger partial charge in [0.2, 0.25) is 5.82 Å². The van der Waals surface area contributed by atoms with E-state index in [0.29, 0.717) is 26.8 Å². The highest BCUT2D eigenvalue weighted by Crippen LogP contribution is 2.45. The molecule has 0 fully saturated rings. The minimum atomic E-state index is -2.24. The van der Waals surface area contributed by atoms with Crippen LogP contribution in [0, 0.1) is 34.0 Å². The van der Waals surface area contributed by atoms with E-state index in [2.05, 4.69) is 11.8 Å². The Bertz CT molecular complexity index is 1890. The lowest BCUT2D eigenvalue weighted by atomic mass is 9.89. The summed E-state index contributed by atoms with van der Waals surface area (Å²) in [6, 6.07) is 15.8. The molecule has 1 aliphatic rings. The molecule has 0 bridgehead atoms. The average molecular weight is 489 g/mol. The van der Waals surface area contributed by atoms with Crippen molar-refractivity contribution in [3.63, 3.8) is 0 Å². The Hall–Kier alpha value is -4.59. The maximum Gasteiger partial charge on any atom is 0.200 e. The van der Waals surface area contributed by atoms with Crippen molar-refractivity contribution in [3.8, 4) is 11.5 Å². The van der Waals surface area contributed by atoms with Crippen LogP contribution in [0.15, 0.2) is 65.8 Å². The largest absolute Gasteiger partial charge is 0.455 e. The third kappa shape index (κ3) is 2.97. The molecule has 5 aromatic carbocycles. The van der Waals surface area contributed by atoms with Crippen LogP contribution in [0.1, 0.15) is 11.1 Å². The van der Waals surface area contributed by atoms with Crippen LogP contribution in [0.2, 0.25) is 0 Å². The smallest absolute Gasteiger partial charge is 0.200 e. The number of benzene rings is 5. The molecule has 0 N–H and O–H groups in total. The van der Waals surface area contributed by atoms with Crippen molar-refractivity contribution in [1.29, 1.82) is 0 Å². The summed E-state index contributed by atoms with van der Waals surface area (Å²) in [5, 5.41) is 6.02. The van der Waals surface area contributed by atoms with Crippen molar-refractivity contribution in [2.45, 2.75) is 0 Å². The van der Waals surface area contributed by atoms with Crippen molar-refractivity contribution in [2.24, 2.45) is 5.18 Å². The van der Waals surface area contributed by atoms with Crippen LogP contribution in [-0.2, 0) is 0 Å². The third-order valence-corrected chi connectivity index (χ3v) is 6.30. The molecule has 0 radical (unpaired) electrons. The lowest BCUT2D eigenvalue weighted by molar-refractivity contribution is 0.376. The number of ether oxygens (including phenoxy) is 1. The minimum absolute atomic E-state index is 0.123. The maximum absolute atomic E-state index is 15.1. The summed E-state index contributed by atoms with van der Waals surface area (Å²) in [6.45, 7) is 3.89. The number of nitroso groups, excluding NO2 is 1. The first-order valence-electron chi connectivity index (χ1n) is 10.7. The molecule has 36 heavy (non-hydrogen) atoms. The van der Waals surface area contributed by atoms with Crippen LogP contribution in [0.4, 0.5) is 27.6 Å². The Morgan fingerprint density at radius 1 is 0.667 bits per heavy atom. The first-order chi connectivity index (χ1) is 17.3. The van der Waals surface area contributed by atoms with Gasteiger partial charge in [0.15, 0.2) is 23.3 Å². The Kier molecular flexibility index (Phi) is 4.69. The van der Waals surface area contributed by atoms with Gasteiger partial charge in [-0.25, -0.2) is 22.0 Å². The predicted octanol–water partition coefficient (Wildman–Crippen LogP) is 6.85. The molecule has 0 aromatic heterocycles. The molecule has 0 spiro atoms. The minimum Gasteiger partial charge on any atom is -0.455 e. The number of fused-ring (bicyclic) bond motifs is 6. The zero-order chi connectivity index (χ0) is 25.3. The average Bonchev–Trinajstić information content (AvgIpc) is 2.89. The number of hydrogen-bond donors (Lipinski definition) is 0. The molecule has 176 valence electrons. The second-order valence-corrected chi connectivity index (χ2v) is 8.36. The van der Waals surface area contributed by atoms with Gasteiger partial charge in [-0.15, -0.1) is 4.91 Å². The van der Waals surface area contributed by atoms with Gasteiger partial charge in [-0.05, 0) is 57.6 Å². The summed E-state index contributed by atoms with van der Waals surface area (Å²) in [7, 11) is 0. The van der Waals surface area contributed by atoms with E-state index >= 15 is 8.78 Å². The van der Waals surface area contributed by atoms with Gasteiger partial charge in [0.1, 0.15) is 17.2 Å². The maximum atomic E-state index is 15.1. The zero-order valence-corrected chi connectivity index (χ0v) is 18.1. The quantitative estimate of drug-likeness (QED) is 0.116.